The van der Waals surface area contributed by atoms with E-state index in [0.717, 1.165) is 32.7 Å². The highest BCUT2D eigenvalue weighted by molar-refractivity contribution is 5.72. The van der Waals surface area contributed by atoms with Gasteiger partial charge in [0.1, 0.15) is 0 Å². The van der Waals surface area contributed by atoms with Gasteiger partial charge in [-0.2, -0.15) is 0 Å². The average molecular weight is 356 g/mol. The molecule has 1 N–H and O–H groups in total. The van der Waals surface area contributed by atoms with Crippen LogP contribution in [-0.4, -0.2) is 53.6 Å². The summed E-state index contributed by atoms with van der Waals surface area (Å²) in [4.78, 5) is 35.3. The molecule has 0 aliphatic carbocycles. The van der Waals surface area contributed by atoms with Crippen molar-refractivity contribution < 1.29 is 9.53 Å². The summed E-state index contributed by atoms with van der Waals surface area (Å²) in [7, 11) is 0. The molecule has 7 nitrogen and oxygen atoms in total. The van der Waals surface area contributed by atoms with Gasteiger partial charge in [-0.3, -0.25) is 19.5 Å². The predicted octanol–water partition coefficient (Wildman–Crippen LogP) is 1.20. The minimum atomic E-state index is -0.415. The second-order valence-corrected chi connectivity index (χ2v) is 6.29. The van der Waals surface area contributed by atoms with E-state index < -0.39 is 5.97 Å². The van der Waals surface area contributed by atoms with Crippen LogP contribution >= 0.6 is 0 Å². The standard InChI is InChI=1S/C19H24N4O3/c1-2-26-17(24)12-16-13-20-19(21-18(16)25)23-10-8-22(9-11-23)14-15-6-4-3-5-7-15/h3-7,13H,2,8-12,14H2,1H3,(H,20,21,25). The summed E-state index contributed by atoms with van der Waals surface area (Å²) < 4.78 is 4.87. The van der Waals surface area contributed by atoms with Crippen LogP contribution in [0.2, 0.25) is 0 Å². The van der Waals surface area contributed by atoms with Crippen molar-refractivity contribution in [1.82, 2.24) is 14.9 Å². The molecule has 2 aromatic rings. The predicted molar refractivity (Wildman–Crippen MR) is 99.1 cm³/mol. The Balaban J connectivity index is 1.56. The molecule has 0 spiro atoms. The summed E-state index contributed by atoms with van der Waals surface area (Å²) in [6.07, 6.45) is 1.42. The fraction of sp³-hybridized carbons (Fsp3) is 0.421. The average Bonchev–Trinajstić information content (AvgIpc) is 2.65. The second-order valence-electron chi connectivity index (χ2n) is 6.29. The van der Waals surface area contributed by atoms with E-state index in [9.17, 15) is 9.59 Å². The molecule has 0 unspecified atom stereocenters. The number of nitrogens with one attached hydrogen (secondary N) is 1. The number of hydrogen-bond donors (Lipinski definition) is 1. The van der Waals surface area contributed by atoms with Crippen LogP contribution in [0.3, 0.4) is 0 Å². The highest BCUT2D eigenvalue weighted by atomic mass is 16.5. The summed E-state index contributed by atoms with van der Waals surface area (Å²) in [5, 5.41) is 0. The van der Waals surface area contributed by atoms with E-state index in [0.29, 0.717) is 18.1 Å². The number of aromatic amines is 1. The van der Waals surface area contributed by atoms with Gasteiger partial charge in [-0.1, -0.05) is 30.3 Å². The summed E-state index contributed by atoms with van der Waals surface area (Å²) in [6.45, 7) is 6.37. The Morgan fingerprint density at radius 3 is 2.58 bits per heavy atom. The van der Waals surface area contributed by atoms with Crippen molar-refractivity contribution in [2.45, 2.75) is 19.9 Å². The molecular formula is C19H24N4O3. The van der Waals surface area contributed by atoms with Crippen LogP contribution in [0.5, 0.6) is 0 Å². The third kappa shape index (κ3) is 4.70. The maximum absolute atomic E-state index is 12.2. The van der Waals surface area contributed by atoms with Gasteiger partial charge in [-0.15, -0.1) is 0 Å². The molecule has 2 heterocycles. The molecular weight excluding hydrogens is 332 g/mol. The van der Waals surface area contributed by atoms with Gasteiger partial charge in [0, 0.05) is 44.5 Å². The van der Waals surface area contributed by atoms with Crippen LogP contribution in [0.25, 0.3) is 0 Å². The van der Waals surface area contributed by atoms with E-state index in [1.54, 1.807) is 6.92 Å². The molecule has 0 amide bonds. The molecule has 0 bridgehead atoms. The van der Waals surface area contributed by atoms with Crippen LogP contribution < -0.4 is 10.5 Å². The number of benzene rings is 1. The zero-order chi connectivity index (χ0) is 18.4. The van der Waals surface area contributed by atoms with E-state index in [1.807, 2.05) is 6.07 Å². The van der Waals surface area contributed by atoms with Gasteiger partial charge in [-0.25, -0.2) is 4.98 Å². The Morgan fingerprint density at radius 2 is 1.92 bits per heavy atom. The van der Waals surface area contributed by atoms with Crippen LogP contribution in [0, 0.1) is 0 Å². The Labute approximate surface area is 152 Å². The zero-order valence-electron chi connectivity index (χ0n) is 15.0. The number of H-pyrrole nitrogens is 1. The number of rotatable bonds is 6. The number of nitrogens with zero attached hydrogens (tertiary/aromatic N) is 3. The largest absolute Gasteiger partial charge is 0.466 e. The van der Waals surface area contributed by atoms with Gasteiger partial charge in [0.2, 0.25) is 5.95 Å². The lowest BCUT2D eigenvalue weighted by atomic mass is 10.2. The molecule has 1 aliphatic heterocycles. The fourth-order valence-corrected chi connectivity index (χ4v) is 3.03. The number of aromatic nitrogens is 2. The number of anilines is 1. The summed E-state index contributed by atoms with van der Waals surface area (Å²) in [5.74, 6) is 0.143. The van der Waals surface area contributed by atoms with Crippen molar-refractivity contribution in [3.8, 4) is 0 Å². The van der Waals surface area contributed by atoms with E-state index in [4.69, 9.17) is 4.74 Å². The van der Waals surface area contributed by atoms with Crippen LogP contribution in [0.15, 0.2) is 41.3 Å². The molecule has 0 saturated carbocycles. The molecule has 7 heteroatoms. The number of hydrogen-bond acceptors (Lipinski definition) is 6. The van der Waals surface area contributed by atoms with Crippen molar-refractivity contribution in [3.63, 3.8) is 0 Å². The summed E-state index contributed by atoms with van der Waals surface area (Å²) in [5.41, 5.74) is 1.35. The van der Waals surface area contributed by atoms with Crippen molar-refractivity contribution in [2.75, 3.05) is 37.7 Å². The molecule has 0 atom stereocenters. The minimum Gasteiger partial charge on any atom is -0.466 e. The SMILES string of the molecule is CCOC(=O)Cc1cnc(N2CCN(Cc3ccccc3)CC2)[nH]c1=O. The molecule has 1 aromatic carbocycles. The smallest absolute Gasteiger partial charge is 0.310 e. The summed E-state index contributed by atoms with van der Waals surface area (Å²) in [6, 6.07) is 10.4. The van der Waals surface area contributed by atoms with Gasteiger partial charge in [0.25, 0.3) is 5.56 Å². The molecule has 0 radical (unpaired) electrons. The summed E-state index contributed by atoms with van der Waals surface area (Å²) >= 11 is 0. The van der Waals surface area contributed by atoms with Crippen molar-refractivity contribution in [2.24, 2.45) is 0 Å². The minimum absolute atomic E-state index is 0.0543. The highest BCUT2D eigenvalue weighted by Crippen LogP contribution is 2.12. The lowest BCUT2D eigenvalue weighted by molar-refractivity contribution is -0.142. The van der Waals surface area contributed by atoms with Crippen LogP contribution in [-0.2, 0) is 22.5 Å². The zero-order valence-corrected chi connectivity index (χ0v) is 15.0. The number of piperazine rings is 1. The Morgan fingerprint density at radius 1 is 1.19 bits per heavy atom. The first-order valence-electron chi connectivity index (χ1n) is 8.90. The van der Waals surface area contributed by atoms with Crippen molar-refractivity contribution in [3.05, 3.63) is 58.0 Å². The Bertz CT molecular complexity index is 783. The van der Waals surface area contributed by atoms with Crippen LogP contribution in [0.1, 0.15) is 18.1 Å². The number of esters is 1. The lowest BCUT2D eigenvalue weighted by Crippen LogP contribution is -2.47. The van der Waals surface area contributed by atoms with Crippen molar-refractivity contribution >= 4 is 11.9 Å². The third-order valence-corrected chi connectivity index (χ3v) is 4.42. The molecule has 3 rings (SSSR count). The lowest BCUT2D eigenvalue weighted by Gasteiger charge is -2.35. The Kier molecular flexibility index (Phi) is 6.01. The second kappa shape index (κ2) is 8.62. The molecule has 1 fully saturated rings. The monoisotopic (exact) mass is 356 g/mol. The molecule has 1 saturated heterocycles. The van der Waals surface area contributed by atoms with Gasteiger partial charge in [0.05, 0.1) is 13.0 Å². The third-order valence-electron chi connectivity index (χ3n) is 4.42. The normalized spacial score (nSPS) is 15.0. The van der Waals surface area contributed by atoms with E-state index >= 15 is 0 Å². The maximum atomic E-state index is 12.2. The molecule has 1 aromatic heterocycles. The number of ether oxygens (including phenoxy) is 1. The first-order chi connectivity index (χ1) is 12.7. The van der Waals surface area contributed by atoms with E-state index in [1.165, 1.54) is 11.8 Å². The topological polar surface area (TPSA) is 78.5 Å². The van der Waals surface area contributed by atoms with Crippen LogP contribution in [0.4, 0.5) is 5.95 Å². The van der Waals surface area contributed by atoms with Gasteiger partial charge >= 0.3 is 5.97 Å². The highest BCUT2D eigenvalue weighted by Gasteiger charge is 2.19. The number of carbonyl (C=O) groups excluding carboxylic acids is 1. The first kappa shape index (κ1) is 18.1. The maximum Gasteiger partial charge on any atom is 0.310 e. The molecule has 1 aliphatic rings. The molecule has 26 heavy (non-hydrogen) atoms. The van der Waals surface area contributed by atoms with Gasteiger partial charge in [-0.05, 0) is 12.5 Å². The Hall–Kier alpha value is -2.67. The van der Waals surface area contributed by atoms with E-state index in [-0.39, 0.29) is 12.0 Å². The van der Waals surface area contributed by atoms with Crippen molar-refractivity contribution in [1.29, 1.82) is 0 Å². The van der Waals surface area contributed by atoms with Gasteiger partial charge in [0.15, 0.2) is 0 Å². The van der Waals surface area contributed by atoms with E-state index in [2.05, 4.69) is 44.0 Å². The van der Waals surface area contributed by atoms with Gasteiger partial charge < -0.3 is 9.64 Å². The first-order valence-corrected chi connectivity index (χ1v) is 8.90. The number of carbonyl (C=O) groups is 1. The fourth-order valence-electron chi connectivity index (χ4n) is 3.03. The quantitative estimate of drug-likeness (QED) is 0.784. The molecule has 138 valence electrons.